The van der Waals surface area contributed by atoms with E-state index in [9.17, 15) is 5.11 Å². The van der Waals surface area contributed by atoms with Crippen LogP contribution in [0.1, 0.15) is 51.9 Å². The van der Waals surface area contributed by atoms with Crippen LogP contribution in [-0.4, -0.2) is 28.7 Å². The average molecular weight is 185 g/mol. The van der Waals surface area contributed by atoms with Crippen LogP contribution in [0.25, 0.3) is 0 Å². The van der Waals surface area contributed by atoms with Crippen LogP contribution >= 0.6 is 0 Å². The summed E-state index contributed by atoms with van der Waals surface area (Å²) in [6.45, 7) is 2.15. The van der Waals surface area contributed by atoms with E-state index in [0.717, 1.165) is 25.7 Å². The summed E-state index contributed by atoms with van der Waals surface area (Å²) in [6.07, 6.45) is 7.44. The zero-order valence-corrected chi connectivity index (χ0v) is 9.36. The fraction of sp³-hybridized carbons (Fsp3) is 1.00. The molecule has 0 saturated heterocycles. The first-order chi connectivity index (χ1) is 4.77. The van der Waals surface area contributed by atoms with Crippen molar-refractivity contribution in [2.45, 2.75) is 57.5 Å². The van der Waals surface area contributed by atoms with Crippen molar-refractivity contribution in [3.05, 3.63) is 0 Å². The van der Waals surface area contributed by atoms with Crippen molar-refractivity contribution >= 4 is 23.1 Å². The van der Waals surface area contributed by atoms with Gasteiger partial charge in [0.2, 0.25) is 0 Å². The molecule has 0 unspecified atom stereocenters. The van der Waals surface area contributed by atoms with E-state index in [2.05, 4.69) is 6.92 Å². The van der Waals surface area contributed by atoms with Gasteiger partial charge in [-0.1, -0.05) is 51.9 Å². The Balaban J connectivity index is 0. The van der Waals surface area contributed by atoms with E-state index in [1.807, 2.05) is 0 Å². The molecule has 1 saturated carbocycles. The smallest absolute Gasteiger partial charge is 1.00 e. The van der Waals surface area contributed by atoms with Crippen molar-refractivity contribution in [3.63, 3.8) is 0 Å². The van der Waals surface area contributed by atoms with Crippen molar-refractivity contribution in [1.82, 2.24) is 0 Å². The summed E-state index contributed by atoms with van der Waals surface area (Å²) in [5.41, 5.74) is -0.504. The number of rotatable bonds is 3. The molecule has 0 bridgehead atoms. The average Bonchev–Trinajstić information content (AvgIpc) is 2.33. The largest absolute Gasteiger partial charge is 2.00 e. The van der Waals surface area contributed by atoms with Crippen molar-refractivity contribution in [2.24, 2.45) is 0 Å². The molecule has 1 fully saturated rings. The van der Waals surface area contributed by atoms with E-state index in [1.165, 1.54) is 19.3 Å². The van der Waals surface area contributed by atoms with Crippen LogP contribution in [0.2, 0.25) is 0 Å². The molecule has 0 aromatic heterocycles. The van der Waals surface area contributed by atoms with Crippen LogP contribution in [0.5, 0.6) is 0 Å². The first kappa shape index (κ1) is 15.1. The fourth-order valence-electron chi connectivity index (χ4n) is 1.77. The van der Waals surface area contributed by atoms with Crippen LogP contribution < -0.4 is 9.81 Å². The van der Waals surface area contributed by atoms with Crippen molar-refractivity contribution in [3.8, 4) is 0 Å². The summed E-state index contributed by atoms with van der Waals surface area (Å²) < 4.78 is 0. The monoisotopic (exact) mass is 184 g/mol. The SMILES string of the molecule is CCCCC1([O-])CCCC1.[F-].[Mg+2]. The van der Waals surface area contributed by atoms with Crippen molar-refractivity contribution in [1.29, 1.82) is 0 Å². The summed E-state index contributed by atoms with van der Waals surface area (Å²) in [5, 5.41) is 11.7. The Morgan fingerprint density at radius 1 is 1.25 bits per heavy atom. The fourth-order valence-corrected chi connectivity index (χ4v) is 1.77. The molecule has 3 heteroatoms. The minimum Gasteiger partial charge on any atom is -1.00 e. The molecule has 12 heavy (non-hydrogen) atoms. The predicted octanol–water partition coefficient (Wildman–Crippen LogP) is -1.53. The first-order valence-electron chi connectivity index (χ1n) is 4.47. The van der Waals surface area contributed by atoms with Gasteiger partial charge < -0.3 is 9.81 Å². The van der Waals surface area contributed by atoms with Crippen LogP contribution in [0.4, 0.5) is 0 Å². The van der Waals surface area contributed by atoms with E-state index >= 15 is 0 Å². The van der Waals surface area contributed by atoms with Gasteiger partial charge >= 0.3 is 23.1 Å². The molecule has 1 rings (SSSR count). The molecule has 1 aliphatic rings. The maximum absolute atomic E-state index is 11.7. The molecule has 0 heterocycles. The molecule has 0 amide bonds. The maximum atomic E-state index is 11.7. The molecule has 0 spiro atoms. The van der Waals surface area contributed by atoms with Gasteiger partial charge in [0.15, 0.2) is 0 Å². The summed E-state index contributed by atoms with van der Waals surface area (Å²) in [7, 11) is 0. The normalized spacial score (nSPS) is 19.5. The summed E-state index contributed by atoms with van der Waals surface area (Å²) in [6, 6.07) is 0. The Hall–Kier alpha value is 0.656. The van der Waals surface area contributed by atoms with Crippen molar-refractivity contribution < 1.29 is 9.81 Å². The maximum Gasteiger partial charge on any atom is 2.00 e. The second kappa shape index (κ2) is 7.10. The summed E-state index contributed by atoms with van der Waals surface area (Å²) in [5.74, 6) is 0. The van der Waals surface area contributed by atoms with Gasteiger partial charge in [0.1, 0.15) is 0 Å². The van der Waals surface area contributed by atoms with Gasteiger partial charge in [-0.15, -0.1) is 5.60 Å². The van der Waals surface area contributed by atoms with Gasteiger partial charge in [0.05, 0.1) is 0 Å². The van der Waals surface area contributed by atoms with Gasteiger partial charge in [0, 0.05) is 0 Å². The molecule has 0 aliphatic heterocycles. The van der Waals surface area contributed by atoms with Crippen molar-refractivity contribution in [2.75, 3.05) is 0 Å². The molecule has 0 radical (unpaired) electrons. The standard InChI is InChI=1S/C9H17O.FH.Mg/c1-2-3-6-9(10)7-4-5-8-9;;/h2-8H2,1H3;1H;/q-1;;+2/p-1. The van der Waals surface area contributed by atoms with Gasteiger partial charge in [-0.25, -0.2) is 0 Å². The van der Waals surface area contributed by atoms with E-state index in [4.69, 9.17) is 0 Å². The molecule has 1 nitrogen and oxygen atoms in total. The number of hydrogen-bond acceptors (Lipinski definition) is 1. The molecular formula is C9H17FMgO. The van der Waals surface area contributed by atoms with E-state index in [0.29, 0.717) is 0 Å². The molecular weight excluding hydrogens is 167 g/mol. The molecule has 0 N–H and O–H groups in total. The van der Waals surface area contributed by atoms with Crippen LogP contribution in [0.15, 0.2) is 0 Å². The van der Waals surface area contributed by atoms with Gasteiger partial charge in [-0.3, -0.25) is 0 Å². The zero-order valence-electron chi connectivity index (χ0n) is 7.94. The van der Waals surface area contributed by atoms with E-state index in [1.54, 1.807) is 0 Å². The molecule has 1 aliphatic carbocycles. The predicted molar refractivity (Wildman–Crippen MR) is 46.5 cm³/mol. The molecule has 0 atom stereocenters. The Labute approximate surface area is 90.4 Å². The minimum absolute atomic E-state index is 0. The third-order valence-corrected chi connectivity index (χ3v) is 2.50. The molecule has 0 aromatic rings. The molecule has 68 valence electrons. The van der Waals surface area contributed by atoms with Crippen LogP contribution in [0.3, 0.4) is 0 Å². The van der Waals surface area contributed by atoms with Crippen LogP contribution in [0, 0.1) is 0 Å². The number of unbranched alkanes of at least 4 members (excludes halogenated alkanes) is 1. The van der Waals surface area contributed by atoms with Crippen LogP contribution in [-0.2, 0) is 0 Å². The first-order valence-corrected chi connectivity index (χ1v) is 4.47. The second-order valence-corrected chi connectivity index (χ2v) is 3.49. The third-order valence-electron chi connectivity index (χ3n) is 2.50. The molecule has 0 aromatic carbocycles. The Morgan fingerprint density at radius 3 is 2.17 bits per heavy atom. The quantitative estimate of drug-likeness (QED) is 0.489. The van der Waals surface area contributed by atoms with Gasteiger partial charge in [-0.2, -0.15) is 0 Å². The third kappa shape index (κ3) is 4.63. The Morgan fingerprint density at radius 2 is 1.75 bits per heavy atom. The number of hydrogen-bond donors (Lipinski definition) is 0. The van der Waals surface area contributed by atoms with E-state index < -0.39 is 5.60 Å². The van der Waals surface area contributed by atoms with Gasteiger partial charge in [0.25, 0.3) is 0 Å². The summed E-state index contributed by atoms with van der Waals surface area (Å²) in [4.78, 5) is 0. The number of halogens is 1. The van der Waals surface area contributed by atoms with Gasteiger partial charge in [-0.05, 0) is 0 Å². The minimum atomic E-state index is -0.504. The van der Waals surface area contributed by atoms with E-state index in [-0.39, 0.29) is 27.8 Å². The Kier molecular flexibility index (Phi) is 8.96. The summed E-state index contributed by atoms with van der Waals surface area (Å²) >= 11 is 0. The Bertz CT molecular complexity index is 103. The zero-order chi connectivity index (χ0) is 7.45. The topological polar surface area (TPSA) is 23.1 Å². The second-order valence-electron chi connectivity index (χ2n) is 3.49.